The maximum atomic E-state index is 13.2. The number of nitrogens with one attached hydrogen (secondary N) is 1. The summed E-state index contributed by atoms with van der Waals surface area (Å²) in [5.41, 5.74) is 0.405. The third-order valence-corrected chi connectivity index (χ3v) is 8.01. The third kappa shape index (κ3) is 6.68. The first-order valence-corrected chi connectivity index (χ1v) is 12.8. The first-order valence-electron chi connectivity index (χ1n) is 10.5. The lowest BCUT2D eigenvalue weighted by molar-refractivity contribution is -0.141. The van der Waals surface area contributed by atoms with Crippen molar-refractivity contribution in [1.29, 1.82) is 0 Å². The molecule has 0 saturated heterocycles. The molecule has 10 heteroatoms. The van der Waals surface area contributed by atoms with Crippen molar-refractivity contribution in [2.24, 2.45) is 5.92 Å². The van der Waals surface area contributed by atoms with E-state index in [0.29, 0.717) is 22.6 Å². The molecule has 0 aliphatic carbocycles. The van der Waals surface area contributed by atoms with Gasteiger partial charge in [0.15, 0.2) is 5.69 Å². The van der Waals surface area contributed by atoms with Crippen molar-refractivity contribution < 1.29 is 21.6 Å². The molecule has 2 heterocycles. The summed E-state index contributed by atoms with van der Waals surface area (Å²) in [6.07, 6.45) is -2.47. The lowest BCUT2D eigenvalue weighted by atomic mass is 10.0. The van der Waals surface area contributed by atoms with E-state index < -0.39 is 27.4 Å². The molecule has 3 rings (SSSR count). The number of benzene rings is 1. The molecule has 0 spiro atoms. The summed E-state index contributed by atoms with van der Waals surface area (Å²) < 4.78 is 69.1. The van der Waals surface area contributed by atoms with E-state index in [1.165, 1.54) is 22.2 Å². The summed E-state index contributed by atoms with van der Waals surface area (Å²) >= 11 is 1.25. The highest BCUT2D eigenvalue weighted by atomic mass is 32.2. The molecule has 1 N–H and O–H groups in total. The van der Waals surface area contributed by atoms with Gasteiger partial charge in [-0.3, -0.25) is 4.68 Å². The van der Waals surface area contributed by atoms with Crippen molar-refractivity contribution in [3.8, 4) is 11.1 Å². The van der Waals surface area contributed by atoms with Crippen molar-refractivity contribution in [1.82, 2.24) is 14.5 Å². The molecular weight excluding hydrogens is 471 g/mol. The summed E-state index contributed by atoms with van der Waals surface area (Å²) in [6, 6.07) is 9.99. The Labute approximate surface area is 196 Å². The number of nitrogens with zero attached hydrogens (tertiary/aromatic N) is 2. The van der Waals surface area contributed by atoms with Crippen molar-refractivity contribution in [2.45, 2.75) is 63.5 Å². The minimum atomic E-state index is -4.50. The quantitative estimate of drug-likeness (QED) is 0.437. The highest BCUT2D eigenvalue weighted by Crippen LogP contribution is 2.37. The fourth-order valence-electron chi connectivity index (χ4n) is 3.40. The van der Waals surface area contributed by atoms with E-state index in [9.17, 15) is 21.6 Å². The Hall–Kier alpha value is -2.17. The molecule has 0 aliphatic heterocycles. The lowest BCUT2D eigenvalue weighted by Crippen LogP contribution is -2.40. The van der Waals surface area contributed by atoms with E-state index in [-0.39, 0.29) is 10.8 Å². The Morgan fingerprint density at radius 2 is 1.82 bits per heavy atom. The minimum Gasteiger partial charge on any atom is -0.268 e. The number of thiophene rings is 1. The normalized spacial score (nSPS) is 13.1. The zero-order valence-electron chi connectivity index (χ0n) is 19.2. The van der Waals surface area contributed by atoms with E-state index in [2.05, 4.69) is 23.7 Å². The number of alkyl halides is 3. The summed E-state index contributed by atoms with van der Waals surface area (Å²) in [6.45, 7) is 9.63. The smallest absolute Gasteiger partial charge is 0.268 e. The van der Waals surface area contributed by atoms with Crippen LogP contribution in [0, 0.1) is 5.92 Å². The molecule has 0 amide bonds. The van der Waals surface area contributed by atoms with E-state index in [1.807, 2.05) is 12.1 Å². The van der Waals surface area contributed by atoms with Gasteiger partial charge in [0.1, 0.15) is 4.21 Å². The molecule has 5 nitrogen and oxygen atoms in total. The second-order valence-corrected chi connectivity index (χ2v) is 12.5. The van der Waals surface area contributed by atoms with Gasteiger partial charge in [-0.05, 0) is 62.4 Å². The molecule has 0 aliphatic rings. The van der Waals surface area contributed by atoms with E-state index in [0.717, 1.165) is 17.4 Å². The molecule has 0 unspecified atom stereocenters. The number of rotatable bonds is 7. The first kappa shape index (κ1) is 25.5. The molecule has 33 heavy (non-hydrogen) atoms. The summed E-state index contributed by atoms with van der Waals surface area (Å²) in [5, 5.41) is 3.60. The molecule has 1 aromatic carbocycles. The number of hydrogen-bond acceptors (Lipinski definition) is 4. The van der Waals surface area contributed by atoms with Gasteiger partial charge in [0.25, 0.3) is 10.0 Å². The SMILES string of the molecule is CC(C)Cc1cc(-c2cccc(Cn3ccc(C(F)(F)F)n3)c2)c(S(=O)(=O)NC(C)(C)C)s1. The molecule has 2 aromatic heterocycles. The summed E-state index contributed by atoms with van der Waals surface area (Å²) in [5.74, 6) is 0.358. The maximum Gasteiger partial charge on any atom is 0.435 e. The molecule has 0 fully saturated rings. The number of hydrogen-bond donors (Lipinski definition) is 1. The second-order valence-electron chi connectivity index (χ2n) is 9.46. The zero-order valence-corrected chi connectivity index (χ0v) is 20.8. The number of sulfonamides is 1. The maximum absolute atomic E-state index is 13.2. The second kappa shape index (κ2) is 9.23. The van der Waals surface area contributed by atoms with Gasteiger partial charge >= 0.3 is 6.18 Å². The van der Waals surface area contributed by atoms with Gasteiger partial charge in [-0.2, -0.15) is 18.3 Å². The van der Waals surface area contributed by atoms with Crippen LogP contribution >= 0.6 is 11.3 Å². The van der Waals surface area contributed by atoms with E-state index in [1.54, 1.807) is 39.0 Å². The van der Waals surface area contributed by atoms with E-state index >= 15 is 0 Å². The van der Waals surface area contributed by atoms with Crippen LogP contribution in [0.1, 0.15) is 50.8 Å². The van der Waals surface area contributed by atoms with Gasteiger partial charge in [-0.15, -0.1) is 11.3 Å². The average molecular weight is 500 g/mol. The Kier molecular flexibility index (Phi) is 7.12. The molecule has 0 radical (unpaired) electrons. The molecule has 0 saturated carbocycles. The molecule has 0 atom stereocenters. The van der Waals surface area contributed by atoms with Gasteiger partial charge in [-0.1, -0.05) is 32.0 Å². The Morgan fingerprint density at radius 1 is 1.12 bits per heavy atom. The van der Waals surface area contributed by atoms with Crippen LogP contribution in [0.15, 0.2) is 46.8 Å². The predicted octanol–water partition coefficient (Wildman–Crippen LogP) is 5.95. The summed E-state index contributed by atoms with van der Waals surface area (Å²) in [4.78, 5) is 0.960. The molecule has 0 bridgehead atoms. The Morgan fingerprint density at radius 3 is 2.39 bits per heavy atom. The van der Waals surface area contributed by atoms with Crippen LogP contribution in [0.25, 0.3) is 11.1 Å². The number of aromatic nitrogens is 2. The third-order valence-electron chi connectivity index (χ3n) is 4.56. The van der Waals surface area contributed by atoms with E-state index in [4.69, 9.17) is 0 Å². The molecular formula is C23H28F3N3O2S2. The van der Waals surface area contributed by atoms with Crippen molar-refractivity contribution in [3.05, 3.63) is 58.7 Å². The molecule has 180 valence electrons. The van der Waals surface area contributed by atoms with Crippen molar-refractivity contribution in [2.75, 3.05) is 0 Å². The Balaban J connectivity index is 2.00. The van der Waals surface area contributed by atoms with Gasteiger partial charge in [0.2, 0.25) is 0 Å². The number of halogens is 3. The van der Waals surface area contributed by atoms with Gasteiger partial charge in [-0.25, -0.2) is 13.1 Å². The topological polar surface area (TPSA) is 64.0 Å². The standard InChI is InChI=1S/C23H28F3N3O2S2/c1-15(2)11-18-13-19(21(32-18)33(30,31)28-22(3,4)5)17-8-6-7-16(12-17)14-29-10-9-20(27-29)23(24,25)26/h6-10,12-13,15,28H,11,14H2,1-5H3. The average Bonchev–Trinajstić information content (AvgIpc) is 3.27. The van der Waals surface area contributed by atoms with Crippen LogP contribution in [0.5, 0.6) is 0 Å². The van der Waals surface area contributed by atoms with Crippen LogP contribution in [0.2, 0.25) is 0 Å². The minimum absolute atomic E-state index is 0.134. The highest BCUT2D eigenvalue weighted by Gasteiger charge is 2.33. The van der Waals surface area contributed by atoms with Crippen LogP contribution in [0.3, 0.4) is 0 Å². The van der Waals surface area contributed by atoms with Crippen LogP contribution in [-0.4, -0.2) is 23.7 Å². The lowest BCUT2D eigenvalue weighted by Gasteiger charge is -2.20. The predicted molar refractivity (Wildman–Crippen MR) is 125 cm³/mol. The fraction of sp³-hybridized carbons (Fsp3) is 0.435. The fourth-order valence-corrected chi connectivity index (χ4v) is 6.77. The Bertz CT molecular complexity index is 1220. The first-order chi connectivity index (χ1) is 15.1. The van der Waals surface area contributed by atoms with Gasteiger partial charge in [0, 0.05) is 22.2 Å². The van der Waals surface area contributed by atoms with Gasteiger partial charge in [0.05, 0.1) is 6.54 Å². The zero-order chi connectivity index (χ0) is 24.6. The largest absolute Gasteiger partial charge is 0.435 e. The van der Waals surface area contributed by atoms with Crippen molar-refractivity contribution >= 4 is 21.4 Å². The summed E-state index contributed by atoms with van der Waals surface area (Å²) in [7, 11) is -3.77. The van der Waals surface area contributed by atoms with Crippen LogP contribution < -0.4 is 4.72 Å². The highest BCUT2D eigenvalue weighted by molar-refractivity contribution is 7.91. The van der Waals surface area contributed by atoms with Gasteiger partial charge < -0.3 is 0 Å². The van der Waals surface area contributed by atoms with Crippen molar-refractivity contribution in [3.63, 3.8) is 0 Å². The molecule has 3 aromatic rings. The monoisotopic (exact) mass is 499 g/mol. The van der Waals surface area contributed by atoms with Crippen LogP contribution in [0.4, 0.5) is 13.2 Å². The van der Waals surface area contributed by atoms with Crippen LogP contribution in [-0.2, 0) is 29.2 Å².